The summed E-state index contributed by atoms with van der Waals surface area (Å²) in [5.74, 6) is -4.16. The lowest BCUT2D eigenvalue weighted by atomic mass is 10.1. The molecule has 25 heavy (non-hydrogen) atoms. The zero-order valence-corrected chi connectivity index (χ0v) is 14.5. The van der Waals surface area contributed by atoms with Crippen LogP contribution in [-0.4, -0.2) is 38.6 Å². The molecular formula is C16H20F2N2O4S. The number of carbonyl (C=O) groups excluding carboxylic acids is 2. The molecule has 1 saturated heterocycles. The zero-order chi connectivity index (χ0) is 18.6. The molecule has 1 fully saturated rings. The number of amides is 2. The largest absolute Gasteiger partial charge is 0.354 e. The molecule has 1 aliphatic heterocycles. The van der Waals surface area contributed by atoms with E-state index >= 15 is 0 Å². The first-order valence-corrected chi connectivity index (χ1v) is 9.66. The Labute approximate surface area is 144 Å². The van der Waals surface area contributed by atoms with Gasteiger partial charge in [-0.2, -0.15) is 0 Å². The molecular weight excluding hydrogens is 354 g/mol. The molecule has 0 aliphatic carbocycles. The molecule has 2 N–H and O–H groups in total. The Morgan fingerprint density at radius 3 is 2.60 bits per heavy atom. The number of hydrogen-bond acceptors (Lipinski definition) is 4. The quantitative estimate of drug-likeness (QED) is 0.811. The maximum atomic E-state index is 13.8. The van der Waals surface area contributed by atoms with Crippen LogP contribution in [0.25, 0.3) is 0 Å². The van der Waals surface area contributed by atoms with Crippen LogP contribution in [0.2, 0.25) is 0 Å². The number of benzene rings is 1. The molecule has 138 valence electrons. The van der Waals surface area contributed by atoms with Crippen LogP contribution < -0.4 is 10.6 Å². The monoisotopic (exact) mass is 374 g/mol. The van der Waals surface area contributed by atoms with Gasteiger partial charge in [0.2, 0.25) is 11.8 Å². The molecule has 0 saturated carbocycles. The molecule has 2 amide bonds. The fourth-order valence-electron chi connectivity index (χ4n) is 2.70. The predicted molar refractivity (Wildman–Crippen MR) is 87.4 cm³/mol. The van der Waals surface area contributed by atoms with Crippen LogP contribution in [0.15, 0.2) is 18.2 Å². The molecule has 1 aromatic rings. The smallest absolute Gasteiger partial charge is 0.242 e. The summed E-state index contributed by atoms with van der Waals surface area (Å²) >= 11 is 0. The van der Waals surface area contributed by atoms with Gasteiger partial charge in [-0.1, -0.05) is 6.07 Å². The Kier molecular flexibility index (Phi) is 6.10. The molecule has 2 rings (SSSR count). The average Bonchev–Trinajstić information content (AvgIpc) is 2.71. The number of halogens is 2. The van der Waals surface area contributed by atoms with Crippen molar-refractivity contribution in [2.24, 2.45) is 0 Å². The van der Waals surface area contributed by atoms with Gasteiger partial charge in [-0.15, -0.1) is 0 Å². The minimum atomic E-state index is -4.16. The van der Waals surface area contributed by atoms with Crippen molar-refractivity contribution >= 4 is 21.7 Å². The summed E-state index contributed by atoms with van der Waals surface area (Å²) in [6, 6.07) is 2.25. The van der Waals surface area contributed by atoms with E-state index in [1.165, 1.54) is 0 Å². The van der Waals surface area contributed by atoms with Crippen molar-refractivity contribution in [1.29, 1.82) is 0 Å². The molecule has 6 nitrogen and oxygen atoms in total. The molecule has 0 unspecified atom stereocenters. The van der Waals surface area contributed by atoms with E-state index in [0.717, 1.165) is 31.5 Å². The van der Waals surface area contributed by atoms with Crippen molar-refractivity contribution in [2.75, 3.05) is 12.3 Å². The Hall–Kier alpha value is -2.03. The summed E-state index contributed by atoms with van der Waals surface area (Å²) in [6.07, 6.45) is 1.91. The van der Waals surface area contributed by atoms with Crippen molar-refractivity contribution in [2.45, 2.75) is 37.5 Å². The standard InChI is InChI=1S/C16H20F2N2O4S/c1-10(15-11(17)5-4-6-12(15)18)25(23,24)9-14(21)20-13-7-2-3-8-19-16(13)22/h4-6,10,13H,2-3,7-9H2,1H3,(H,19,22)(H,20,21)/t10-,13+/m1/s1. The first kappa shape index (κ1) is 19.3. The topological polar surface area (TPSA) is 92.3 Å². The summed E-state index contributed by atoms with van der Waals surface area (Å²) in [6.45, 7) is 1.63. The molecule has 0 aromatic heterocycles. The van der Waals surface area contributed by atoms with Gasteiger partial charge >= 0.3 is 0 Å². The van der Waals surface area contributed by atoms with E-state index in [4.69, 9.17) is 0 Å². The third-order valence-electron chi connectivity index (χ3n) is 4.15. The van der Waals surface area contributed by atoms with E-state index in [1.54, 1.807) is 0 Å². The van der Waals surface area contributed by atoms with Crippen LogP contribution >= 0.6 is 0 Å². The van der Waals surface area contributed by atoms with Crippen LogP contribution in [0.3, 0.4) is 0 Å². The number of nitrogens with one attached hydrogen (secondary N) is 2. The van der Waals surface area contributed by atoms with Crippen LogP contribution in [0.5, 0.6) is 0 Å². The van der Waals surface area contributed by atoms with E-state index in [2.05, 4.69) is 10.6 Å². The van der Waals surface area contributed by atoms with Gasteiger partial charge < -0.3 is 10.6 Å². The van der Waals surface area contributed by atoms with E-state index in [1.807, 2.05) is 0 Å². The van der Waals surface area contributed by atoms with Crippen molar-refractivity contribution in [3.05, 3.63) is 35.4 Å². The van der Waals surface area contributed by atoms with Crippen LogP contribution in [0.4, 0.5) is 8.78 Å². The summed E-state index contributed by atoms with van der Waals surface area (Å²) in [4.78, 5) is 23.8. The Morgan fingerprint density at radius 2 is 1.96 bits per heavy atom. The van der Waals surface area contributed by atoms with Gasteiger partial charge in [0.15, 0.2) is 9.84 Å². The third-order valence-corrected chi connectivity index (χ3v) is 6.13. The SMILES string of the molecule is C[C@H](c1c(F)cccc1F)S(=O)(=O)CC(=O)N[C@H]1CCCCNC1=O. The maximum Gasteiger partial charge on any atom is 0.242 e. The van der Waals surface area contributed by atoms with E-state index < -0.39 is 50.0 Å². The van der Waals surface area contributed by atoms with Crippen molar-refractivity contribution in [1.82, 2.24) is 10.6 Å². The first-order chi connectivity index (χ1) is 11.7. The van der Waals surface area contributed by atoms with Crippen LogP contribution in [0.1, 0.15) is 37.0 Å². The van der Waals surface area contributed by atoms with Crippen molar-refractivity contribution < 1.29 is 26.8 Å². The average molecular weight is 374 g/mol. The number of sulfone groups is 1. The van der Waals surface area contributed by atoms with Gasteiger partial charge in [0.05, 0.1) is 5.25 Å². The van der Waals surface area contributed by atoms with E-state index in [-0.39, 0.29) is 5.91 Å². The highest BCUT2D eigenvalue weighted by Gasteiger charge is 2.31. The second-order valence-corrected chi connectivity index (χ2v) is 8.31. The maximum absolute atomic E-state index is 13.8. The van der Waals surface area contributed by atoms with E-state index in [0.29, 0.717) is 19.4 Å². The first-order valence-electron chi connectivity index (χ1n) is 7.95. The van der Waals surface area contributed by atoms with Gasteiger partial charge in [0.1, 0.15) is 23.4 Å². The lowest BCUT2D eigenvalue weighted by Gasteiger charge is -2.17. The minimum Gasteiger partial charge on any atom is -0.354 e. The fraction of sp³-hybridized carbons (Fsp3) is 0.500. The molecule has 1 aliphatic rings. The highest BCUT2D eigenvalue weighted by Crippen LogP contribution is 2.27. The van der Waals surface area contributed by atoms with E-state index in [9.17, 15) is 26.8 Å². The summed E-state index contributed by atoms with van der Waals surface area (Å²) in [7, 11) is -4.16. The van der Waals surface area contributed by atoms with Crippen LogP contribution in [-0.2, 0) is 19.4 Å². The number of rotatable bonds is 5. The van der Waals surface area contributed by atoms with Gasteiger partial charge in [-0.25, -0.2) is 17.2 Å². The van der Waals surface area contributed by atoms with Gasteiger partial charge in [-0.3, -0.25) is 9.59 Å². The zero-order valence-electron chi connectivity index (χ0n) is 13.7. The summed E-state index contributed by atoms with van der Waals surface area (Å²) < 4.78 is 52.2. The summed E-state index contributed by atoms with van der Waals surface area (Å²) in [5, 5.41) is 3.48. The number of carbonyl (C=O) groups is 2. The lowest BCUT2D eigenvalue weighted by Crippen LogP contribution is -2.47. The molecule has 0 bridgehead atoms. The summed E-state index contributed by atoms with van der Waals surface area (Å²) in [5.41, 5.74) is -0.595. The van der Waals surface area contributed by atoms with Gasteiger partial charge in [-0.05, 0) is 38.3 Å². The second kappa shape index (κ2) is 7.90. The molecule has 1 heterocycles. The highest BCUT2D eigenvalue weighted by molar-refractivity contribution is 7.92. The van der Waals surface area contributed by atoms with Gasteiger partial charge in [0, 0.05) is 12.1 Å². The molecule has 0 spiro atoms. The normalized spacial score (nSPS) is 19.6. The minimum absolute atomic E-state index is 0.364. The Morgan fingerprint density at radius 1 is 1.32 bits per heavy atom. The Bertz CT molecular complexity index is 747. The van der Waals surface area contributed by atoms with Crippen molar-refractivity contribution in [3.8, 4) is 0 Å². The lowest BCUT2D eigenvalue weighted by molar-refractivity contribution is -0.127. The van der Waals surface area contributed by atoms with Crippen molar-refractivity contribution in [3.63, 3.8) is 0 Å². The highest BCUT2D eigenvalue weighted by atomic mass is 32.2. The molecule has 1 aromatic carbocycles. The van der Waals surface area contributed by atoms with Crippen LogP contribution in [0, 0.1) is 11.6 Å². The second-order valence-electron chi connectivity index (χ2n) is 5.99. The third kappa shape index (κ3) is 4.75. The number of hydrogen-bond donors (Lipinski definition) is 2. The van der Waals surface area contributed by atoms with Gasteiger partial charge in [0.25, 0.3) is 0 Å². The molecule has 9 heteroatoms. The fourth-order valence-corrected chi connectivity index (χ4v) is 3.98. The predicted octanol–water partition coefficient (Wildman–Crippen LogP) is 1.23. The Balaban J connectivity index is 2.09. The molecule has 0 radical (unpaired) electrons. The molecule has 2 atom stereocenters.